The van der Waals surface area contributed by atoms with Crippen molar-refractivity contribution in [2.45, 2.75) is 26.2 Å². The van der Waals surface area contributed by atoms with Crippen molar-refractivity contribution >= 4 is 40.5 Å². The Hall–Kier alpha value is -3.75. The normalized spacial score (nSPS) is 13.7. The Kier molecular flexibility index (Phi) is 5.87. The van der Waals surface area contributed by atoms with E-state index in [9.17, 15) is 24.5 Å². The van der Waals surface area contributed by atoms with Gasteiger partial charge in [-0.1, -0.05) is 6.07 Å². The lowest BCUT2D eigenvalue weighted by Gasteiger charge is -2.28. The highest BCUT2D eigenvalue weighted by molar-refractivity contribution is 6.43. The summed E-state index contributed by atoms with van der Waals surface area (Å²) in [4.78, 5) is 48.3. The number of nitro benzene ring substituents is 1. The van der Waals surface area contributed by atoms with Crippen LogP contribution in [0.25, 0.3) is 0 Å². The number of nitrogens with zero attached hydrogens (tertiary/aromatic N) is 2. The van der Waals surface area contributed by atoms with Gasteiger partial charge in [-0.25, -0.2) is 0 Å². The maximum absolute atomic E-state index is 12.2. The number of nitrogens with one attached hydrogen (secondary N) is 2. The number of hydrogen-bond acceptors (Lipinski definition) is 5. The maximum atomic E-state index is 12.2. The Balaban J connectivity index is 1.68. The molecule has 2 N–H and O–H groups in total. The van der Waals surface area contributed by atoms with Crippen molar-refractivity contribution in [3.05, 3.63) is 58.1 Å². The van der Waals surface area contributed by atoms with Gasteiger partial charge in [-0.05, 0) is 49.6 Å². The van der Waals surface area contributed by atoms with Crippen molar-refractivity contribution in [2.75, 3.05) is 22.1 Å². The molecular formula is C20H20N4O5. The fourth-order valence-electron chi connectivity index (χ4n) is 3.08. The lowest BCUT2D eigenvalue weighted by Crippen LogP contribution is -2.35. The first-order valence-electron chi connectivity index (χ1n) is 9.13. The first-order valence-corrected chi connectivity index (χ1v) is 9.13. The smallest absolute Gasteiger partial charge is 0.314 e. The number of nitro groups is 1. The van der Waals surface area contributed by atoms with E-state index in [1.54, 1.807) is 23.1 Å². The molecule has 0 aromatic heterocycles. The third-order valence-corrected chi connectivity index (χ3v) is 4.62. The summed E-state index contributed by atoms with van der Waals surface area (Å²) in [5, 5.41) is 15.6. The molecule has 1 fully saturated rings. The monoisotopic (exact) mass is 396 g/mol. The summed E-state index contributed by atoms with van der Waals surface area (Å²) >= 11 is 0. The highest BCUT2D eigenvalue weighted by Gasteiger charge is 2.22. The topological polar surface area (TPSA) is 122 Å². The summed E-state index contributed by atoms with van der Waals surface area (Å²) in [5.74, 6) is -1.75. The van der Waals surface area contributed by atoms with Gasteiger partial charge >= 0.3 is 11.8 Å². The van der Waals surface area contributed by atoms with Gasteiger partial charge in [0, 0.05) is 42.2 Å². The fraction of sp³-hybridized carbons (Fsp3) is 0.250. The number of amides is 3. The van der Waals surface area contributed by atoms with Gasteiger partial charge in [0.2, 0.25) is 5.91 Å². The van der Waals surface area contributed by atoms with E-state index >= 15 is 0 Å². The Labute approximate surface area is 166 Å². The molecule has 9 nitrogen and oxygen atoms in total. The second-order valence-corrected chi connectivity index (χ2v) is 6.72. The van der Waals surface area contributed by atoms with E-state index < -0.39 is 16.7 Å². The quantitative estimate of drug-likeness (QED) is 0.467. The second-order valence-electron chi connectivity index (χ2n) is 6.72. The van der Waals surface area contributed by atoms with Crippen LogP contribution in [0.1, 0.15) is 24.8 Å². The number of piperidine rings is 1. The molecule has 3 rings (SSSR count). The summed E-state index contributed by atoms with van der Waals surface area (Å²) in [5.41, 5.74) is 2.15. The number of hydrogen-bond donors (Lipinski definition) is 2. The summed E-state index contributed by atoms with van der Waals surface area (Å²) in [6.07, 6.45) is 2.28. The van der Waals surface area contributed by atoms with Gasteiger partial charge in [0.1, 0.15) is 0 Å². The lowest BCUT2D eigenvalue weighted by atomic mass is 10.1. The minimum absolute atomic E-state index is 0.0405. The molecule has 1 aliphatic rings. The number of rotatable bonds is 4. The van der Waals surface area contributed by atoms with Crippen LogP contribution in [0.5, 0.6) is 0 Å². The molecule has 0 unspecified atom stereocenters. The third-order valence-electron chi connectivity index (χ3n) is 4.62. The molecule has 2 aromatic carbocycles. The van der Waals surface area contributed by atoms with Crippen LogP contribution in [0.2, 0.25) is 0 Å². The predicted octanol–water partition coefficient (Wildman–Crippen LogP) is 3.00. The molecule has 1 saturated heterocycles. The molecule has 0 radical (unpaired) electrons. The van der Waals surface area contributed by atoms with Crippen molar-refractivity contribution in [3.8, 4) is 0 Å². The summed E-state index contributed by atoms with van der Waals surface area (Å²) < 4.78 is 0. The summed E-state index contributed by atoms with van der Waals surface area (Å²) in [6.45, 7) is 2.50. The molecule has 0 atom stereocenters. The fourth-order valence-corrected chi connectivity index (χ4v) is 3.08. The number of non-ortho nitro benzene ring substituents is 1. The minimum atomic E-state index is -0.907. The Morgan fingerprint density at radius 1 is 1.00 bits per heavy atom. The highest BCUT2D eigenvalue weighted by Crippen LogP contribution is 2.27. The van der Waals surface area contributed by atoms with Crippen molar-refractivity contribution in [3.63, 3.8) is 0 Å². The van der Waals surface area contributed by atoms with E-state index in [-0.39, 0.29) is 17.3 Å². The Bertz CT molecular complexity index is 971. The largest absolute Gasteiger partial charge is 0.318 e. The van der Waals surface area contributed by atoms with E-state index in [1.165, 1.54) is 24.3 Å². The van der Waals surface area contributed by atoms with Crippen molar-refractivity contribution in [2.24, 2.45) is 0 Å². The first kappa shape index (κ1) is 20.0. The molecule has 9 heteroatoms. The maximum Gasteiger partial charge on any atom is 0.314 e. The van der Waals surface area contributed by atoms with E-state index in [1.807, 2.05) is 6.92 Å². The number of aryl methyl sites for hydroxylation is 1. The Morgan fingerprint density at radius 2 is 1.62 bits per heavy atom. The number of benzene rings is 2. The number of carbonyl (C=O) groups excluding carboxylic acids is 3. The first-order chi connectivity index (χ1) is 13.8. The molecular weight excluding hydrogens is 376 g/mol. The summed E-state index contributed by atoms with van der Waals surface area (Å²) in [7, 11) is 0. The van der Waals surface area contributed by atoms with Crippen molar-refractivity contribution < 1.29 is 19.3 Å². The van der Waals surface area contributed by atoms with Crippen LogP contribution in [0, 0.1) is 17.0 Å². The van der Waals surface area contributed by atoms with Gasteiger partial charge < -0.3 is 15.5 Å². The molecule has 0 bridgehead atoms. The average Bonchev–Trinajstić information content (AvgIpc) is 2.70. The molecule has 29 heavy (non-hydrogen) atoms. The van der Waals surface area contributed by atoms with Crippen molar-refractivity contribution in [1.82, 2.24) is 0 Å². The molecule has 1 heterocycles. The van der Waals surface area contributed by atoms with Gasteiger partial charge in [0.25, 0.3) is 5.69 Å². The van der Waals surface area contributed by atoms with Crippen LogP contribution in [-0.2, 0) is 14.4 Å². The second kappa shape index (κ2) is 8.51. The molecule has 1 aliphatic heterocycles. The van der Waals surface area contributed by atoms with Crippen LogP contribution in [0.15, 0.2) is 42.5 Å². The zero-order valence-electron chi connectivity index (χ0n) is 15.8. The molecule has 0 spiro atoms. The van der Waals surface area contributed by atoms with Crippen LogP contribution in [-0.4, -0.2) is 29.2 Å². The zero-order chi connectivity index (χ0) is 21.0. The highest BCUT2D eigenvalue weighted by atomic mass is 16.6. The van der Waals surface area contributed by atoms with E-state index in [0.29, 0.717) is 24.3 Å². The standard InChI is InChI=1S/C20H20N4O5/c1-13-5-6-15(12-17(13)23-11-3-2-4-18(23)25)22-20(27)19(26)21-14-7-9-16(10-8-14)24(28)29/h5-10,12H,2-4,11H2,1H3,(H,21,26)(H,22,27). The van der Waals surface area contributed by atoms with Crippen molar-refractivity contribution in [1.29, 1.82) is 0 Å². The molecule has 0 saturated carbocycles. The zero-order valence-corrected chi connectivity index (χ0v) is 15.8. The minimum Gasteiger partial charge on any atom is -0.318 e. The van der Waals surface area contributed by atoms with E-state index in [0.717, 1.165) is 18.4 Å². The van der Waals surface area contributed by atoms with Gasteiger partial charge in [-0.3, -0.25) is 24.5 Å². The van der Waals surface area contributed by atoms with Crippen LogP contribution >= 0.6 is 0 Å². The van der Waals surface area contributed by atoms with Crippen LogP contribution in [0.4, 0.5) is 22.7 Å². The van der Waals surface area contributed by atoms with Gasteiger partial charge in [-0.2, -0.15) is 0 Å². The molecule has 3 amide bonds. The molecule has 150 valence electrons. The molecule has 2 aromatic rings. The SMILES string of the molecule is Cc1ccc(NC(=O)C(=O)Nc2ccc([N+](=O)[O-])cc2)cc1N1CCCCC1=O. The van der Waals surface area contributed by atoms with Gasteiger partial charge in [0.15, 0.2) is 0 Å². The third kappa shape index (κ3) is 4.75. The Morgan fingerprint density at radius 3 is 2.24 bits per heavy atom. The average molecular weight is 396 g/mol. The van der Waals surface area contributed by atoms with Gasteiger partial charge in [-0.15, -0.1) is 0 Å². The summed E-state index contributed by atoms with van der Waals surface area (Å²) in [6, 6.07) is 10.3. The van der Waals surface area contributed by atoms with Crippen LogP contribution < -0.4 is 15.5 Å². The van der Waals surface area contributed by atoms with Gasteiger partial charge in [0.05, 0.1) is 4.92 Å². The van der Waals surface area contributed by atoms with E-state index in [2.05, 4.69) is 10.6 Å². The number of anilines is 3. The molecule has 0 aliphatic carbocycles. The number of carbonyl (C=O) groups is 3. The van der Waals surface area contributed by atoms with Crippen LogP contribution in [0.3, 0.4) is 0 Å². The van der Waals surface area contributed by atoms with E-state index in [4.69, 9.17) is 0 Å². The predicted molar refractivity (Wildman–Crippen MR) is 108 cm³/mol. The lowest BCUT2D eigenvalue weighted by molar-refractivity contribution is -0.384.